The van der Waals surface area contributed by atoms with Gasteiger partial charge in [0.2, 0.25) is 0 Å². The van der Waals surface area contributed by atoms with Crippen LogP contribution in [0.25, 0.3) is 21.5 Å². The Labute approximate surface area is 186 Å². The predicted molar refractivity (Wildman–Crippen MR) is 125 cm³/mol. The van der Waals surface area contributed by atoms with Crippen LogP contribution in [-0.4, -0.2) is 21.9 Å². The smallest absolute Gasteiger partial charge is 0.263 e. The number of nitrogen functional groups attached to an aromatic ring is 1. The highest BCUT2D eigenvalue weighted by Gasteiger charge is 2.53. The summed E-state index contributed by atoms with van der Waals surface area (Å²) in [6.45, 7) is 2.22. The van der Waals surface area contributed by atoms with Crippen molar-refractivity contribution in [1.82, 2.24) is 15.3 Å². The molecule has 1 atom stereocenters. The number of rotatable bonds is 4. The van der Waals surface area contributed by atoms with Crippen LogP contribution in [0.3, 0.4) is 0 Å². The van der Waals surface area contributed by atoms with Gasteiger partial charge in [0.15, 0.2) is 0 Å². The van der Waals surface area contributed by atoms with E-state index in [1.165, 1.54) is 49.9 Å². The molecule has 4 aliphatic rings. The number of hydrogen-bond donors (Lipinski definition) is 2. The van der Waals surface area contributed by atoms with Gasteiger partial charge in [0.05, 0.1) is 11.4 Å². The minimum absolute atomic E-state index is 0.0494. The maximum atomic E-state index is 13.3. The number of hydrogen-bond acceptors (Lipinski definition) is 5. The first-order valence-corrected chi connectivity index (χ1v) is 12.2. The average molecular weight is 433 g/mol. The van der Waals surface area contributed by atoms with Crippen LogP contribution in [-0.2, 0) is 0 Å². The topological polar surface area (TPSA) is 80.9 Å². The molecule has 4 fully saturated rings. The fraction of sp³-hybridized carbons (Fsp3) is 0.480. The van der Waals surface area contributed by atoms with Crippen LogP contribution in [0.5, 0.6) is 0 Å². The first kappa shape index (κ1) is 19.2. The van der Waals surface area contributed by atoms with E-state index < -0.39 is 0 Å². The van der Waals surface area contributed by atoms with Gasteiger partial charge in [-0.15, -0.1) is 11.3 Å². The summed E-state index contributed by atoms with van der Waals surface area (Å²) in [5.41, 5.74) is 9.03. The second-order valence-corrected chi connectivity index (χ2v) is 11.1. The normalized spacial score (nSPS) is 29.9. The Kier molecular flexibility index (Phi) is 4.36. The number of amides is 1. The largest absolute Gasteiger partial charge is 0.397 e. The fourth-order valence-electron chi connectivity index (χ4n) is 6.96. The molecule has 160 valence electrons. The Balaban J connectivity index is 1.26. The van der Waals surface area contributed by atoms with Gasteiger partial charge >= 0.3 is 0 Å². The van der Waals surface area contributed by atoms with Gasteiger partial charge in [-0.25, -0.2) is 4.98 Å². The maximum Gasteiger partial charge on any atom is 0.263 e. The molecule has 3 heterocycles. The van der Waals surface area contributed by atoms with Gasteiger partial charge in [0.1, 0.15) is 9.71 Å². The third kappa shape index (κ3) is 3.15. The first-order valence-electron chi connectivity index (χ1n) is 11.4. The Bertz CT molecular complexity index is 1120. The van der Waals surface area contributed by atoms with Gasteiger partial charge in [-0.1, -0.05) is 0 Å². The first-order chi connectivity index (χ1) is 15.0. The number of carbonyl (C=O) groups is 1. The number of thiophene rings is 1. The van der Waals surface area contributed by atoms with E-state index in [1.54, 1.807) is 12.4 Å². The number of pyridine rings is 2. The van der Waals surface area contributed by atoms with Crippen LogP contribution in [0.15, 0.2) is 36.7 Å². The summed E-state index contributed by atoms with van der Waals surface area (Å²) in [7, 11) is 0. The Hall–Kier alpha value is -2.47. The summed E-state index contributed by atoms with van der Waals surface area (Å²) in [6.07, 6.45) is 11.6. The lowest BCUT2D eigenvalue weighted by molar-refractivity contribution is -0.0687. The van der Waals surface area contributed by atoms with Crippen molar-refractivity contribution in [2.24, 2.45) is 23.2 Å². The number of nitrogens with zero attached hydrogens (tertiary/aromatic N) is 2. The fourth-order valence-corrected chi connectivity index (χ4v) is 7.96. The molecule has 0 saturated heterocycles. The molecule has 3 aromatic rings. The Morgan fingerprint density at radius 3 is 2.52 bits per heavy atom. The average Bonchev–Trinajstić information content (AvgIpc) is 3.09. The molecule has 3 N–H and O–H groups in total. The van der Waals surface area contributed by atoms with Gasteiger partial charge in [-0.2, -0.15) is 0 Å². The maximum absolute atomic E-state index is 13.3. The van der Waals surface area contributed by atoms with Gasteiger partial charge in [-0.3, -0.25) is 9.78 Å². The van der Waals surface area contributed by atoms with E-state index in [1.807, 2.05) is 24.3 Å². The van der Waals surface area contributed by atoms with Crippen LogP contribution in [0.1, 0.15) is 55.1 Å². The lowest BCUT2D eigenvalue weighted by Gasteiger charge is -2.59. The van der Waals surface area contributed by atoms with Crippen molar-refractivity contribution in [1.29, 1.82) is 0 Å². The Morgan fingerprint density at radius 2 is 1.87 bits per heavy atom. The standard InChI is InChI=1S/C25H28N4OS/c1-14(25-10-15-7-16(11-25)9-17(8-15)12-25)28-23(30)22-21(26)19-4-5-20(29-24(19)31-22)18-3-2-6-27-13-18/h2-6,13-17H,7-12,26H2,1H3,(H,28,30)/t14-,15?,16?,17?,25?/m1/s1. The van der Waals surface area contributed by atoms with E-state index in [9.17, 15) is 4.79 Å². The van der Waals surface area contributed by atoms with E-state index >= 15 is 0 Å². The summed E-state index contributed by atoms with van der Waals surface area (Å²) < 4.78 is 0. The van der Waals surface area contributed by atoms with Gasteiger partial charge in [0, 0.05) is 29.4 Å². The second kappa shape index (κ2) is 7.02. The molecule has 0 radical (unpaired) electrons. The number of aromatic nitrogens is 2. The molecule has 0 spiro atoms. The van der Waals surface area contributed by atoms with E-state index in [4.69, 9.17) is 10.7 Å². The van der Waals surface area contributed by atoms with E-state index in [-0.39, 0.29) is 17.4 Å². The minimum atomic E-state index is -0.0494. The highest BCUT2D eigenvalue weighted by Crippen LogP contribution is 2.61. The molecule has 0 aromatic carbocycles. The SMILES string of the molecule is C[C@@H](NC(=O)c1sc2nc(-c3cccnc3)ccc2c1N)C12CC3CC(CC(C3)C1)C2. The third-order valence-electron chi connectivity index (χ3n) is 8.11. The highest BCUT2D eigenvalue weighted by molar-refractivity contribution is 7.21. The highest BCUT2D eigenvalue weighted by atomic mass is 32.1. The van der Waals surface area contributed by atoms with Crippen molar-refractivity contribution in [3.63, 3.8) is 0 Å². The zero-order valence-electron chi connectivity index (χ0n) is 17.8. The van der Waals surface area contributed by atoms with E-state index in [0.29, 0.717) is 10.6 Å². The zero-order valence-corrected chi connectivity index (χ0v) is 18.6. The number of anilines is 1. The van der Waals surface area contributed by atoms with E-state index in [2.05, 4.69) is 17.2 Å². The van der Waals surface area contributed by atoms with Gasteiger partial charge < -0.3 is 11.1 Å². The van der Waals surface area contributed by atoms with Gasteiger partial charge in [0.25, 0.3) is 5.91 Å². The number of fused-ring (bicyclic) bond motifs is 1. The van der Waals surface area contributed by atoms with Crippen LogP contribution in [0.4, 0.5) is 5.69 Å². The summed E-state index contributed by atoms with van der Waals surface area (Å²) in [5, 5.41) is 4.21. The molecule has 3 aromatic heterocycles. The van der Waals surface area contributed by atoms with Crippen LogP contribution >= 0.6 is 11.3 Å². The molecule has 0 unspecified atom stereocenters. The van der Waals surface area contributed by atoms with Gasteiger partial charge in [-0.05, 0) is 92.9 Å². The molecule has 31 heavy (non-hydrogen) atoms. The van der Waals surface area contributed by atoms with E-state index in [0.717, 1.165) is 39.2 Å². The molecule has 7 rings (SSSR count). The van der Waals surface area contributed by atoms with Crippen LogP contribution in [0, 0.1) is 23.2 Å². The quantitative estimate of drug-likeness (QED) is 0.588. The van der Waals surface area contributed by atoms with Crippen molar-refractivity contribution in [3.8, 4) is 11.3 Å². The number of nitrogens with two attached hydrogens (primary N) is 1. The number of carbonyl (C=O) groups excluding carboxylic acids is 1. The lowest BCUT2D eigenvalue weighted by atomic mass is 9.48. The molecule has 5 nitrogen and oxygen atoms in total. The molecule has 4 aliphatic carbocycles. The molecule has 6 heteroatoms. The molecule has 4 saturated carbocycles. The molecular weight excluding hydrogens is 404 g/mol. The van der Waals surface area contributed by atoms with Crippen molar-refractivity contribution in [2.45, 2.75) is 51.5 Å². The molecule has 4 bridgehead atoms. The predicted octanol–water partition coefficient (Wildman–Crippen LogP) is 5.28. The summed E-state index contributed by atoms with van der Waals surface area (Å²) in [5.74, 6) is 2.56. The number of nitrogens with one attached hydrogen (secondary N) is 1. The molecule has 1 amide bonds. The summed E-state index contributed by atoms with van der Waals surface area (Å²) in [4.78, 5) is 23.6. The second-order valence-electron chi connectivity index (χ2n) is 10.1. The monoisotopic (exact) mass is 432 g/mol. The lowest BCUT2D eigenvalue weighted by Crippen LogP contribution is -2.55. The molecule has 0 aliphatic heterocycles. The van der Waals surface area contributed by atoms with Crippen molar-refractivity contribution in [3.05, 3.63) is 41.5 Å². The minimum Gasteiger partial charge on any atom is -0.397 e. The summed E-state index contributed by atoms with van der Waals surface area (Å²) in [6, 6.07) is 7.97. The molecular formula is C25H28N4OS. The zero-order chi connectivity index (χ0) is 21.2. The summed E-state index contributed by atoms with van der Waals surface area (Å²) >= 11 is 1.39. The van der Waals surface area contributed by atoms with Crippen molar-refractivity contribution in [2.75, 3.05) is 5.73 Å². The third-order valence-corrected chi connectivity index (χ3v) is 9.22. The van der Waals surface area contributed by atoms with Crippen molar-refractivity contribution >= 4 is 33.1 Å². The van der Waals surface area contributed by atoms with Crippen LogP contribution < -0.4 is 11.1 Å². The van der Waals surface area contributed by atoms with Crippen molar-refractivity contribution < 1.29 is 4.79 Å². The van der Waals surface area contributed by atoms with Crippen LogP contribution in [0.2, 0.25) is 0 Å². The Morgan fingerprint density at radius 1 is 1.16 bits per heavy atom.